The lowest BCUT2D eigenvalue weighted by atomic mass is 10.1. The molecule has 3 amide bonds. The predicted molar refractivity (Wildman–Crippen MR) is 149 cm³/mol. The monoisotopic (exact) mass is 521 g/mol. The summed E-state index contributed by atoms with van der Waals surface area (Å²) in [5.41, 5.74) is 2.61. The number of nitrogens with one attached hydrogen (secondary N) is 2. The van der Waals surface area contributed by atoms with Crippen LogP contribution in [-0.2, 0) is 4.79 Å². The van der Waals surface area contributed by atoms with E-state index in [1.165, 1.54) is 6.20 Å². The number of benzene rings is 2. The molecule has 37 heavy (non-hydrogen) atoms. The number of rotatable bonds is 10. The van der Waals surface area contributed by atoms with Crippen LogP contribution >= 0.6 is 11.6 Å². The smallest absolute Gasteiger partial charge is 0.258 e. The van der Waals surface area contributed by atoms with Crippen LogP contribution in [0.3, 0.4) is 0 Å². The van der Waals surface area contributed by atoms with Crippen molar-refractivity contribution in [2.45, 2.75) is 26.7 Å². The molecule has 0 aliphatic rings. The Bertz CT molecular complexity index is 1260. The van der Waals surface area contributed by atoms with Gasteiger partial charge in [0.15, 0.2) is 0 Å². The molecule has 0 atom stereocenters. The summed E-state index contributed by atoms with van der Waals surface area (Å²) in [6.07, 6.45) is 3.61. The molecule has 194 valence electrons. The maximum absolute atomic E-state index is 13.0. The number of aryl methyl sites for hydroxylation is 1. The third-order valence-electron chi connectivity index (χ3n) is 5.82. The summed E-state index contributed by atoms with van der Waals surface area (Å²) in [6, 6.07) is 15.1. The molecule has 0 fully saturated rings. The minimum Gasteiger partial charge on any atom is -0.321 e. The van der Waals surface area contributed by atoms with E-state index in [-0.39, 0.29) is 11.8 Å². The van der Waals surface area contributed by atoms with Crippen molar-refractivity contribution in [1.29, 1.82) is 0 Å². The number of hydrogen-bond acceptors (Lipinski definition) is 5. The lowest BCUT2D eigenvalue weighted by molar-refractivity contribution is -0.119. The molecule has 0 aliphatic heterocycles. The Morgan fingerprint density at radius 2 is 1.68 bits per heavy atom. The Morgan fingerprint density at radius 1 is 0.946 bits per heavy atom. The zero-order valence-corrected chi connectivity index (χ0v) is 22.3. The SMILES string of the molecule is CCCCN(C)CC(=O)N(C)c1ccc(C(=O)Nc2ccc(C)cc2C(=O)Nc2cc(Cl)ccn2)cc1. The van der Waals surface area contributed by atoms with E-state index in [2.05, 4.69) is 22.5 Å². The maximum Gasteiger partial charge on any atom is 0.258 e. The van der Waals surface area contributed by atoms with Crippen molar-refractivity contribution in [2.24, 2.45) is 0 Å². The molecule has 2 aromatic carbocycles. The lowest BCUT2D eigenvalue weighted by Gasteiger charge is -2.22. The predicted octanol–water partition coefficient (Wildman–Crippen LogP) is 5.24. The van der Waals surface area contributed by atoms with Gasteiger partial charge in [0, 0.05) is 29.5 Å². The Balaban J connectivity index is 1.69. The van der Waals surface area contributed by atoms with Crippen LogP contribution in [0.2, 0.25) is 5.02 Å². The Morgan fingerprint density at radius 3 is 2.35 bits per heavy atom. The fourth-order valence-corrected chi connectivity index (χ4v) is 3.79. The fraction of sp³-hybridized carbons (Fsp3) is 0.286. The summed E-state index contributed by atoms with van der Waals surface area (Å²) in [5, 5.41) is 5.97. The first-order chi connectivity index (χ1) is 17.7. The molecule has 0 radical (unpaired) electrons. The van der Waals surface area contributed by atoms with Crippen molar-refractivity contribution in [3.63, 3.8) is 0 Å². The first-order valence-corrected chi connectivity index (χ1v) is 12.5. The van der Waals surface area contributed by atoms with Gasteiger partial charge in [-0.3, -0.25) is 19.3 Å². The number of unbranched alkanes of at least 4 members (excludes halogenated alkanes) is 1. The molecule has 0 unspecified atom stereocenters. The molecule has 2 N–H and O–H groups in total. The molecule has 0 spiro atoms. The van der Waals surface area contributed by atoms with E-state index in [0.717, 1.165) is 24.9 Å². The van der Waals surface area contributed by atoms with E-state index in [1.807, 2.05) is 24.9 Å². The van der Waals surface area contributed by atoms with Gasteiger partial charge in [-0.15, -0.1) is 0 Å². The van der Waals surface area contributed by atoms with Crippen LogP contribution < -0.4 is 15.5 Å². The highest BCUT2D eigenvalue weighted by molar-refractivity contribution is 6.30. The number of anilines is 3. The Hall–Kier alpha value is -3.75. The van der Waals surface area contributed by atoms with E-state index in [4.69, 9.17) is 11.6 Å². The standard InChI is InChI=1S/C28H32ClN5O3/c1-5-6-15-33(3)18-26(35)34(4)22-10-8-20(9-11-22)27(36)31-24-12-7-19(2)16-23(24)28(37)32-25-17-21(29)13-14-30-25/h7-14,16-17H,5-6,15,18H2,1-4H3,(H,31,36)(H,30,32,37). The molecule has 0 saturated heterocycles. The van der Waals surface area contributed by atoms with Crippen molar-refractivity contribution in [2.75, 3.05) is 42.7 Å². The number of aromatic nitrogens is 1. The van der Waals surface area contributed by atoms with Gasteiger partial charge >= 0.3 is 0 Å². The highest BCUT2D eigenvalue weighted by atomic mass is 35.5. The topological polar surface area (TPSA) is 94.6 Å². The van der Waals surface area contributed by atoms with Crippen molar-refractivity contribution >= 4 is 46.5 Å². The summed E-state index contributed by atoms with van der Waals surface area (Å²) >= 11 is 5.98. The Labute approximate surface area is 222 Å². The van der Waals surface area contributed by atoms with Crippen molar-refractivity contribution in [3.05, 3.63) is 82.5 Å². The second-order valence-electron chi connectivity index (χ2n) is 8.91. The molecule has 8 nitrogen and oxygen atoms in total. The number of carbonyl (C=O) groups is 3. The summed E-state index contributed by atoms with van der Waals surface area (Å²) < 4.78 is 0. The van der Waals surface area contributed by atoms with Gasteiger partial charge < -0.3 is 15.5 Å². The minimum atomic E-state index is -0.423. The molecule has 0 saturated carbocycles. The van der Waals surface area contributed by atoms with E-state index < -0.39 is 5.91 Å². The highest BCUT2D eigenvalue weighted by Gasteiger charge is 2.17. The average molecular weight is 522 g/mol. The first-order valence-electron chi connectivity index (χ1n) is 12.1. The second kappa shape index (κ2) is 13.0. The molecular formula is C28H32ClN5O3. The van der Waals surface area contributed by atoms with Crippen LogP contribution in [0, 0.1) is 6.92 Å². The van der Waals surface area contributed by atoms with E-state index in [9.17, 15) is 14.4 Å². The van der Waals surface area contributed by atoms with Gasteiger partial charge in [-0.2, -0.15) is 0 Å². The van der Waals surface area contributed by atoms with Crippen molar-refractivity contribution in [3.8, 4) is 0 Å². The number of likely N-dealkylation sites (N-methyl/N-ethyl adjacent to an activating group) is 2. The highest BCUT2D eigenvalue weighted by Crippen LogP contribution is 2.22. The largest absolute Gasteiger partial charge is 0.321 e. The fourth-order valence-electron chi connectivity index (χ4n) is 3.63. The van der Waals surface area contributed by atoms with Crippen LogP contribution in [0.1, 0.15) is 46.0 Å². The summed E-state index contributed by atoms with van der Waals surface area (Å²) in [4.78, 5) is 46.2. The second-order valence-corrected chi connectivity index (χ2v) is 9.34. The van der Waals surface area contributed by atoms with Gasteiger partial charge in [0.1, 0.15) is 5.82 Å². The normalized spacial score (nSPS) is 10.8. The van der Waals surface area contributed by atoms with E-state index in [1.54, 1.807) is 60.5 Å². The van der Waals surface area contributed by atoms with Crippen LogP contribution in [-0.4, -0.2) is 54.8 Å². The molecule has 0 aliphatic carbocycles. The molecule has 1 heterocycles. The quantitative estimate of drug-likeness (QED) is 0.380. The number of hydrogen-bond donors (Lipinski definition) is 2. The number of halogens is 1. The first kappa shape index (κ1) is 27.8. The van der Waals surface area contributed by atoms with Crippen molar-refractivity contribution in [1.82, 2.24) is 9.88 Å². The summed E-state index contributed by atoms with van der Waals surface area (Å²) in [6.45, 7) is 5.16. The number of amides is 3. The van der Waals surface area contributed by atoms with Crippen LogP contribution in [0.25, 0.3) is 0 Å². The van der Waals surface area contributed by atoms with Crippen LogP contribution in [0.4, 0.5) is 17.2 Å². The molecule has 1 aromatic heterocycles. The number of carbonyl (C=O) groups excluding carboxylic acids is 3. The summed E-state index contributed by atoms with van der Waals surface area (Å²) in [7, 11) is 3.65. The van der Waals surface area contributed by atoms with Gasteiger partial charge in [0.25, 0.3) is 11.8 Å². The third kappa shape index (κ3) is 7.87. The van der Waals surface area contributed by atoms with Crippen LogP contribution in [0.5, 0.6) is 0 Å². The molecular weight excluding hydrogens is 490 g/mol. The zero-order chi connectivity index (χ0) is 26.9. The van der Waals surface area contributed by atoms with Crippen LogP contribution in [0.15, 0.2) is 60.8 Å². The minimum absolute atomic E-state index is 0.0275. The molecule has 3 rings (SSSR count). The number of nitrogens with zero attached hydrogens (tertiary/aromatic N) is 3. The van der Waals surface area contributed by atoms with Gasteiger partial charge in [0.05, 0.1) is 17.8 Å². The van der Waals surface area contributed by atoms with Gasteiger partial charge in [-0.1, -0.05) is 36.6 Å². The zero-order valence-electron chi connectivity index (χ0n) is 21.5. The van der Waals surface area contributed by atoms with E-state index in [0.29, 0.717) is 39.9 Å². The van der Waals surface area contributed by atoms with Gasteiger partial charge in [0.2, 0.25) is 5.91 Å². The number of pyridine rings is 1. The van der Waals surface area contributed by atoms with Crippen molar-refractivity contribution < 1.29 is 14.4 Å². The Kier molecular flexibility index (Phi) is 9.77. The summed E-state index contributed by atoms with van der Waals surface area (Å²) in [5.74, 6) is -0.519. The molecule has 9 heteroatoms. The van der Waals surface area contributed by atoms with Gasteiger partial charge in [-0.05, 0) is 75.5 Å². The third-order valence-corrected chi connectivity index (χ3v) is 6.06. The van der Waals surface area contributed by atoms with E-state index >= 15 is 0 Å². The average Bonchev–Trinajstić information content (AvgIpc) is 2.88. The lowest BCUT2D eigenvalue weighted by Crippen LogP contribution is -2.37. The molecule has 0 bridgehead atoms. The maximum atomic E-state index is 13.0. The molecule has 3 aromatic rings. The van der Waals surface area contributed by atoms with Gasteiger partial charge in [-0.25, -0.2) is 4.98 Å².